The van der Waals surface area contributed by atoms with Crippen molar-refractivity contribution in [1.29, 1.82) is 0 Å². The Morgan fingerprint density at radius 3 is 2.68 bits per heavy atom. The van der Waals surface area contributed by atoms with Gasteiger partial charge in [-0.2, -0.15) is 0 Å². The summed E-state index contributed by atoms with van der Waals surface area (Å²) in [7, 11) is 3.96. The first-order valence-corrected chi connectivity index (χ1v) is 7.45. The summed E-state index contributed by atoms with van der Waals surface area (Å²) in [6, 6.07) is -0.973. The maximum atomic E-state index is 12.2. The molecule has 0 spiro atoms. The van der Waals surface area contributed by atoms with Crippen LogP contribution < -0.4 is 5.32 Å². The van der Waals surface area contributed by atoms with Crippen LogP contribution in [0.2, 0.25) is 0 Å². The summed E-state index contributed by atoms with van der Waals surface area (Å²) < 4.78 is 0. The number of hydrogen-bond donors (Lipinski definition) is 2. The van der Waals surface area contributed by atoms with Gasteiger partial charge in [0.2, 0.25) is 0 Å². The zero-order valence-electron chi connectivity index (χ0n) is 11.9. The molecule has 1 rings (SSSR count). The standard InChI is InChI=1S/C12H23N3O3S/c1-8(5-6-14(3)4)13-12(18)15-9(2)19-7-10(15)11(16)17/h8-10H,5-7H2,1-4H3,(H,13,18)(H,16,17). The molecule has 6 nitrogen and oxygen atoms in total. The molecule has 3 unspecified atom stereocenters. The zero-order valence-corrected chi connectivity index (χ0v) is 12.7. The molecule has 1 fully saturated rings. The molecule has 0 aromatic rings. The van der Waals surface area contributed by atoms with Crippen LogP contribution in [-0.4, -0.2) is 70.8 Å². The van der Waals surface area contributed by atoms with Crippen LogP contribution in [0.5, 0.6) is 0 Å². The van der Waals surface area contributed by atoms with E-state index in [-0.39, 0.29) is 17.4 Å². The summed E-state index contributed by atoms with van der Waals surface area (Å²) in [4.78, 5) is 26.8. The van der Waals surface area contributed by atoms with Crippen LogP contribution >= 0.6 is 11.8 Å². The van der Waals surface area contributed by atoms with Crippen molar-refractivity contribution in [3.8, 4) is 0 Å². The smallest absolute Gasteiger partial charge is 0.327 e. The minimum atomic E-state index is -0.937. The van der Waals surface area contributed by atoms with Gasteiger partial charge >= 0.3 is 12.0 Å². The highest BCUT2D eigenvalue weighted by Crippen LogP contribution is 2.28. The summed E-state index contributed by atoms with van der Waals surface area (Å²) >= 11 is 1.49. The molecule has 2 N–H and O–H groups in total. The second-order valence-electron chi connectivity index (χ2n) is 5.14. The summed E-state index contributed by atoms with van der Waals surface area (Å²) in [5.74, 6) is -0.483. The number of urea groups is 1. The Kier molecular flexibility index (Phi) is 5.93. The molecule has 7 heteroatoms. The van der Waals surface area contributed by atoms with Gasteiger partial charge in [0, 0.05) is 11.8 Å². The third-order valence-corrected chi connectivity index (χ3v) is 4.34. The van der Waals surface area contributed by atoms with Gasteiger partial charge in [-0.05, 0) is 40.9 Å². The van der Waals surface area contributed by atoms with Crippen LogP contribution in [0.1, 0.15) is 20.3 Å². The van der Waals surface area contributed by atoms with E-state index in [1.165, 1.54) is 16.7 Å². The monoisotopic (exact) mass is 289 g/mol. The van der Waals surface area contributed by atoms with Gasteiger partial charge in [-0.25, -0.2) is 9.59 Å². The highest BCUT2D eigenvalue weighted by atomic mass is 32.2. The minimum absolute atomic E-state index is 0.0298. The molecule has 0 saturated carbocycles. The second-order valence-corrected chi connectivity index (χ2v) is 6.49. The number of carboxylic acid groups (broad SMARTS) is 1. The van der Waals surface area contributed by atoms with E-state index in [1.807, 2.05) is 27.9 Å². The van der Waals surface area contributed by atoms with Gasteiger partial charge in [0.05, 0.1) is 5.37 Å². The summed E-state index contributed by atoms with van der Waals surface area (Å²) in [6.45, 7) is 4.68. The number of carboxylic acids is 1. The number of rotatable bonds is 5. The first-order chi connectivity index (χ1) is 8.82. The van der Waals surface area contributed by atoms with Gasteiger partial charge in [-0.15, -0.1) is 11.8 Å². The highest BCUT2D eigenvalue weighted by molar-refractivity contribution is 8.00. The quantitative estimate of drug-likeness (QED) is 0.786. The minimum Gasteiger partial charge on any atom is -0.480 e. The second kappa shape index (κ2) is 7.00. The number of thioether (sulfide) groups is 1. The fourth-order valence-corrected chi connectivity index (χ4v) is 3.12. The van der Waals surface area contributed by atoms with Gasteiger partial charge in [0.25, 0.3) is 0 Å². The number of aliphatic carboxylic acids is 1. The molecule has 2 amide bonds. The average molecular weight is 289 g/mol. The molecule has 19 heavy (non-hydrogen) atoms. The third kappa shape index (κ3) is 4.58. The van der Waals surface area contributed by atoms with Crippen molar-refractivity contribution in [1.82, 2.24) is 15.1 Å². The predicted octanol–water partition coefficient (Wildman–Crippen LogP) is 0.884. The number of nitrogens with one attached hydrogen (secondary N) is 1. The van der Waals surface area contributed by atoms with Crippen molar-refractivity contribution in [3.63, 3.8) is 0 Å². The van der Waals surface area contributed by atoms with Crippen molar-refractivity contribution < 1.29 is 14.7 Å². The predicted molar refractivity (Wildman–Crippen MR) is 76.3 cm³/mol. The molecular formula is C12H23N3O3S. The van der Waals surface area contributed by atoms with E-state index in [0.717, 1.165) is 13.0 Å². The summed E-state index contributed by atoms with van der Waals surface area (Å²) in [5.41, 5.74) is 0. The lowest BCUT2D eigenvalue weighted by Crippen LogP contribution is -2.51. The molecule has 0 aromatic carbocycles. The topological polar surface area (TPSA) is 72.9 Å². The molecular weight excluding hydrogens is 266 g/mol. The molecule has 3 atom stereocenters. The fourth-order valence-electron chi connectivity index (χ4n) is 1.95. The highest BCUT2D eigenvalue weighted by Gasteiger charge is 2.39. The van der Waals surface area contributed by atoms with Gasteiger partial charge in [0.15, 0.2) is 0 Å². The SMILES string of the molecule is CC(CCN(C)C)NC(=O)N1C(C)SCC1C(=O)O. The number of amides is 2. The van der Waals surface area contributed by atoms with Crippen LogP contribution in [0.25, 0.3) is 0 Å². The van der Waals surface area contributed by atoms with E-state index in [2.05, 4.69) is 10.2 Å². The lowest BCUT2D eigenvalue weighted by Gasteiger charge is -2.27. The Balaban J connectivity index is 2.53. The van der Waals surface area contributed by atoms with Crippen molar-refractivity contribution in [2.75, 3.05) is 26.4 Å². The normalized spacial score (nSPS) is 24.6. The van der Waals surface area contributed by atoms with Crippen LogP contribution in [-0.2, 0) is 4.79 Å². The fraction of sp³-hybridized carbons (Fsp3) is 0.833. The lowest BCUT2D eigenvalue weighted by atomic mass is 10.2. The third-order valence-electron chi connectivity index (χ3n) is 3.12. The van der Waals surface area contributed by atoms with Crippen LogP contribution in [0.15, 0.2) is 0 Å². The molecule has 0 aromatic heterocycles. The Hall–Kier alpha value is -0.950. The molecule has 1 aliphatic rings. The molecule has 1 heterocycles. The van der Waals surface area contributed by atoms with Gasteiger partial charge < -0.3 is 15.3 Å². The van der Waals surface area contributed by atoms with Crippen LogP contribution in [0.4, 0.5) is 4.79 Å². The van der Waals surface area contributed by atoms with E-state index < -0.39 is 12.0 Å². The number of hydrogen-bond acceptors (Lipinski definition) is 4. The maximum absolute atomic E-state index is 12.2. The van der Waals surface area contributed by atoms with E-state index in [9.17, 15) is 9.59 Å². The lowest BCUT2D eigenvalue weighted by molar-refractivity contribution is -0.141. The molecule has 0 aliphatic carbocycles. The summed E-state index contributed by atoms with van der Waals surface area (Å²) in [6.07, 6.45) is 0.839. The first-order valence-electron chi connectivity index (χ1n) is 6.41. The van der Waals surface area contributed by atoms with Crippen molar-refractivity contribution in [3.05, 3.63) is 0 Å². The van der Waals surface area contributed by atoms with E-state index in [0.29, 0.717) is 5.75 Å². The molecule has 110 valence electrons. The van der Waals surface area contributed by atoms with Gasteiger partial charge in [-0.3, -0.25) is 4.90 Å². The Morgan fingerprint density at radius 2 is 2.16 bits per heavy atom. The number of carbonyl (C=O) groups excluding carboxylic acids is 1. The number of nitrogens with zero attached hydrogens (tertiary/aromatic N) is 2. The Bertz CT molecular complexity index is 338. The van der Waals surface area contributed by atoms with Crippen molar-refractivity contribution in [2.24, 2.45) is 0 Å². The van der Waals surface area contributed by atoms with Gasteiger partial charge in [-0.1, -0.05) is 0 Å². The Morgan fingerprint density at radius 1 is 1.53 bits per heavy atom. The molecule has 1 aliphatic heterocycles. The largest absolute Gasteiger partial charge is 0.480 e. The van der Waals surface area contributed by atoms with E-state index >= 15 is 0 Å². The van der Waals surface area contributed by atoms with E-state index in [4.69, 9.17) is 5.11 Å². The van der Waals surface area contributed by atoms with Crippen molar-refractivity contribution >= 4 is 23.8 Å². The first kappa shape index (κ1) is 16.1. The van der Waals surface area contributed by atoms with Crippen LogP contribution in [0, 0.1) is 0 Å². The number of carbonyl (C=O) groups is 2. The Labute approximate surface area is 118 Å². The van der Waals surface area contributed by atoms with Gasteiger partial charge in [0.1, 0.15) is 6.04 Å². The molecule has 1 saturated heterocycles. The zero-order chi connectivity index (χ0) is 14.6. The molecule has 0 bridgehead atoms. The maximum Gasteiger partial charge on any atom is 0.327 e. The van der Waals surface area contributed by atoms with E-state index in [1.54, 1.807) is 0 Å². The van der Waals surface area contributed by atoms with Crippen molar-refractivity contribution in [2.45, 2.75) is 37.7 Å². The molecule has 0 radical (unpaired) electrons. The van der Waals surface area contributed by atoms with Crippen LogP contribution in [0.3, 0.4) is 0 Å². The average Bonchev–Trinajstić information content (AvgIpc) is 2.68. The summed E-state index contributed by atoms with van der Waals surface area (Å²) in [5, 5.41) is 11.9.